The van der Waals surface area contributed by atoms with E-state index in [0.717, 1.165) is 28.5 Å². The molecule has 0 aliphatic heterocycles. The van der Waals surface area contributed by atoms with Gasteiger partial charge in [0.1, 0.15) is 0 Å². The number of carboxylic acids is 1. The Kier molecular flexibility index (Phi) is 4.95. The predicted octanol–water partition coefficient (Wildman–Crippen LogP) is 5.26. The zero-order chi connectivity index (χ0) is 17.9. The van der Waals surface area contributed by atoms with Crippen molar-refractivity contribution in [3.8, 4) is 0 Å². The fraction of sp³-hybridized carbons (Fsp3) is 0.200. The van der Waals surface area contributed by atoms with Crippen LogP contribution < -0.4 is 0 Å². The minimum absolute atomic E-state index is 0.198. The van der Waals surface area contributed by atoms with Crippen LogP contribution in [0, 0.1) is 0 Å². The molecule has 0 atom stereocenters. The summed E-state index contributed by atoms with van der Waals surface area (Å²) in [5.74, 6) is 0.00608. The van der Waals surface area contributed by atoms with E-state index in [2.05, 4.69) is 41.0 Å². The molecule has 4 aromatic rings. The van der Waals surface area contributed by atoms with Gasteiger partial charge in [0.25, 0.3) is 0 Å². The molecule has 4 nitrogen and oxygen atoms in total. The summed E-state index contributed by atoms with van der Waals surface area (Å²) in [6.07, 6.45) is 0.843. The molecule has 26 heavy (non-hydrogen) atoms. The SMILES string of the molecule is O=C(O)CCCSc1nc2ccccc2n1Cc1cc2ccccc2s1. The van der Waals surface area contributed by atoms with E-state index >= 15 is 0 Å². The summed E-state index contributed by atoms with van der Waals surface area (Å²) in [6.45, 7) is 0.779. The number of hydrogen-bond acceptors (Lipinski definition) is 4. The van der Waals surface area contributed by atoms with Crippen molar-refractivity contribution in [1.82, 2.24) is 9.55 Å². The molecule has 132 valence electrons. The van der Waals surface area contributed by atoms with Crippen LogP contribution in [0.2, 0.25) is 0 Å². The average molecular weight is 383 g/mol. The van der Waals surface area contributed by atoms with Gasteiger partial charge in [0, 0.05) is 21.8 Å². The molecule has 0 fully saturated rings. The van der Waals surface area contributed by atoms with E-state index in [1.54, 1.807) is 11.8 Å². The predicted molar refractivity (Wildman–Crippen MR) is 108 cm³/mol. The third-order valence-corrected chi connectivity index (χ3v) is 6.34. The second kappa shape index (κ2) is 7.51. The van der Waals surface area contributed by atoms with Gasteiger partial charge < -0.3 is 9.67 Å². The van der Waals surface area contributed by atoms with Gasteiger partial charge in [-0.05, 0) is 36.1 Å². The first-order valence-electron chi connectivity index (χ1n) is 8.48. The number of thioether (sulfide) groups is 1. The Morgan fingerprint density at radius 3 is 2.81 bits per heavy atom. The van der Waals surface area contributed by atoms with Crippen molar-refractivity contribution in [2.45, 2.75) is 24.5 Å². The third kappa shape index (κ3) is 3.61. The number of rotatable bonds is 7. The highest BCUT2D eigenvalue weighted by molar-refractivity contribution is 7.99. The van der Waals surface area contributed by atoms with Gasteiger partial charge >= 0.3 is 5.97 Å². The number of fused-ring (bicyclic) bond motifs is 2. The van der Waals surface area contributed by atoms with Crippen LogP contribution in [0.4, 0.5) is 0 Å². The fourth-order valence-corrected chi connectivity index (χ4v) is 4.98. The maximum atomic E-state index is 10.7. The number of para-hydroxylation sites is 2. The summed E-state index contributed by atoms with van der Waals surface area (Å²) in [7, 11) is 0. The molecule has 1 N–H and O–H groups in total. The van der Waals surface area contributed by atoms with Crippen LogP contribution >= 0.6 is 23.1 Å². The van der Waals surface area contributed by atoms with E-state index in [1.165, 1.54) is 15.0 Å². The van der Waals surface area contributed by atoms with E-state index in [9.17, 15) is 4.79 Å². The van der Waals surface area contributed by atoms with Gasteiger partial charge in [-0.15, -0.1) is 11.3 Å². The third-order valence-electron chi connectivity index (χ3n) is 4.18. The molecule has 4 rings (SSSR count). The van der Waals surface area contributed by atoms with E-state index < -0.39 is 5.97 Å². The lowest BCUT2D eigenvalue weighted by Gasteiger charge is -2.07. The van der Waals surface area contributed by atoms with Crippen molar-refractivity contribution in [2.75, 3.05) is 5.75 Å². The highest BCUT2D eigenvalue weighted by Crippen LogP contribution is 2.30. The zero-order valence-electron chi connectivity index (χ0n) is 14.1. The molecular weight excluding hydrogens is 364 g/mol. The lowest BCUT2D eigenvalue weighted by atomic mass is 10.2. The largest absolute Gasteiger partial charge is 0.481 e. The quantitative estimate of drug-likeness (QED) is 0.350. The van der Waals surface area contributed by atoms with Gasteiger partial charge in [-0.1, -0.05) is 42.1 Å². The topological polar surface area (TPSA) is 55.1 Å². The fourth-order valence-electron chi connectivity index (χ4n) is 2.97. The summed E-state index contributed by atoms with van der Waals surface area (Å²) in [4.78, 5) is 16.8. The lowest BCUT2D eigenvalue weighted by Crippen LogP contribution is -2.01. The van der Waals surface area contributed by atoms with Crippen molar-refractivity contribution in [3.05, 3.63) is 59.5 Å². The Balaban J connectivity index is 1.63. The number of aliphatic carboxylic acids is 1. The van der Waals surface area contributed by atoms with Crippen LogP contribution in [0.15, 0.2) is 59.8 Å². The number of benzene rings is 2. The first-order chi connectivity index (χ1) is 12.7. The molecule has 0 amide bonds. The van der Waals surface area contributed by atoms with Gasteiger partial charge in [0.05, 0.1) is 17.6 Å². The van der Waals surface area contributed by atoms with Gasteiger partial charge in [0.2, 0.25) is 0 Å². The molecule has 0 saturated carbocycles. The van der Waals surface area contributed by atoms with Gasteiger partial charge in [-0.3, -0.25) is 4.79 Å². The number of hydrogen-bond donors (Lipinski definition) is 1. The van der Waals surface area contributed by atoms with Gasteiger partial charge in [-0.25, -0.2) is 4.98 Å². The summed E-state index contributed by atoms with van der Waals surface area (Å²) < 4.78 is 3.54. The molecule has 0 unspecified atom stereocenters. The second-order valence-corrected chi connectivity index (χ2v) is 8.30. The Morgan fingerprint density at radius 2 is 1.96 bits per heavy atom. The summed E-state index contributed by atoms with van der Waals surface area (Å²) in [6, 6.07) is 18.8. The van der Waals surface area contributed by atoms with Crippen LogP contribution in [0.3, 0.4) is 0 Å². The Labute approximate surface area is 159 Å². The van der Waals surface area contributed by atoms with Crippen molar-refractivity contribution in [1.29, 1.82) is 0 Å². The average Bonchev–Trinajstić information content (AvgIpc) is 3.20. The molecular formula is C20H18N2O2S2. The standard InChI is InChI=1S/C20H18N2O2S2/c23-19(24)10-5-11-25-20-21-16-7-2-3-8-17(16)22(20)13-15-12-14-6-1-4-9-18(14)26-15/h1-4,6-9,12H,5,10-11,13H2,(H,23,24). The normalized spacial score (nSPS) is 11.4. The molecule has 0 aliphatic carbocycles. The molecule has 0 radical (unpaired) electrons. The first kappa shape index (κ1) is 17.1. The lowest BCUT2D eigenvalue weighted by molar-refractivity contribution is -0.137. The smallest absolute Gasteiger partial charge is 0.303 e. The van der Waals surface area contributed by atoms with E-state index in [0.29, 0.717) is 6.42 Å². The number of aromatic nitrogens is 2. The molecule has 0 saturated heterocycles. The summed E-state index contributed by atoms with van der Waals surface area (Å²) in [5.41, 5.74) is 2.10. The Morgan fingerprint density at radius 1 is 1.15 bits per heavy atom. The van der Waals surface area contributed by atoms with Crippen LogP contribution in [0.25, 0.3) is 21.1 Å². The molecule has 0 aliphatic rings. The van der Waals surface area contributed by atoms with Gasteiger partial charge in [-0.2, -0.15) is 0 Å². The van der Waals surface area contributed by atoms with Crippen LogP contribution in [-0.4, -0.2) is 26.4 Å². The molecule has 2 aromatic carbocycles. The van der Waals surface area contributed by atoms with E-state index in [1.807, 2.05) is 29.5 Å². The minimum atomic E-state index is -0.746. The van der Waals surface area contributed by atoms with Crippen molar-refractivity contribution in [3.63, 3.8) is 0 Å². The van der Waals surface area contributed by atoms with Crippen molar-refractivity contribution in [2.24, 2.45) is 0 Å². The summed E-state index contributed by atoms with van der Waals surface area (Å²) >= 11 is 3.44. The Hall–Kier alpha value is -2.31. The molecule has 2 heterocycles. The Bertz CT molecular complexity index is 1030. The molecule has 0 spiro atoms. The molecule has 0 bridgehead atoms. The summed E-state index contributed by atoms with van der Waals surface area (Å²) in [5, 5.41) is 11.0. The molecule has 6 heteroatoms. The number of carbonyl (C=O) groups is 1. The van der Waals surface area contributed by atoms with Gasteiger partial charge in [0.15, 0.2) is 5.16 Å². The maximum absolute atomic E-state index is 10.7. The van der Waals surface area contributed by atoms with Crippen molar-refractivity contribution < 1.29 is 9.90 Å². The highest BCUT2D eigenvalue weighted by atomic mass is 32.2. The minimum Gasteiger partial charge on any atom is -0.481 e. The number of carboxylic acid groups (broad SMARTS) is 1. The van der Waals surface area contributed by atoms with E-state index in [4.69, 9.17) is 10.1 Å². The maximum Gasteiger partial charge on any atom is 0.303 e. The zero-order valence-corrected chi connectivity index (χ0v) is 15.7. The number of imidazole rings is 1. The second-order valence-electron chi connectivity index (χ2n) is 6.07. The first-order valence-corrected chi connectivity index (χ1v) is 10.3. The van der Waals surface area contributed by atoms with E-state index in [-0.39, 0.29) is 6.42 Å². The number of nitrogens with zero attached hydrogens (tertiary/aromatic N) is 2. The van der Waals surface area contributed by atoms with Crippen LogP contribution in [0.5, 0.6) is 0 Å². The van der Waals surface area contributed by atoms with Crippen LogP contribution in [-0.2, 0) is 11.3 Å². The van der Waals surface area contributed by atoms with Crippen molar-refractivity contribution >= 4 is 50.2 Å². The highest BCUT2D eigenvalue weighted by Gasteiger charge is 2.13. The monoisotopic (exact) mass is 382 g/mol. The number of thiophene rings is 1. The molecule has 2 aromatic heterocycles. The van der Waals surface area contributed by atoms with Crippen LogP contribution in [0.1, 0.15) is 17.7 Å².